The van der Waals surface area contributed by atoms with E-state index in [9.17, 15) is 5.26 Å². The first-order valence-electron chi connectivity index (χ1n) is 9.98. The number of rotatable bonds is 6. The van der Waals surface area contributed by atoms with Crippen LogP contribution in [0, 0.1) is 11.3 Å². The lowest BCUT2D eigenvalue weighted by Crippen LogP contribution is -2.47. The average molecular weight is 426 g/mol. The summed E-state index contributed by atoms with van der Waals surface area (Å²) >= 11 is 6.61. The molecule has 4 aromatic rings. The number of hydrogen-bond donors (Lipinski definition) is 0. The summed E-state index contributed by atoms with van der Waals surface area (Å²) in [5, 5.41) is 11.1. The molecule has 1 heterocycles. The third-order valence-corrected chi connectivity index (χ3v) is 5.38. The van der Waals surface area contributed by atoms with Crippen LogP contribution in [-0.2, 0) is 6.54 Å². The summed E-state index contributed by atoms with van der Waals surface area (Å²) in [4.78, 5) is 6.59. The van der Waals surface area contributed by atoms with Gasteiger partial charge in [-0.2, -0.15) is 5.26 Å². The number of pyridine rings is 1. The lowest BCUT2D eigenvalue weighted by molar-refractivity contribution is 0.402. The van der Waals surface area contributed by atoms with Gasteiger partial charge in [0.05, 0.1) is 11.6 Å². The first kappa shape index (κ1) is 20.9. The smallest absolute Gasteiger partial charge is 0.426 e. The summed E-state index contributed by atoms with van der Waals surface area (Å²) in [6.07, 6.45) is 1.76. The minimum Gasteiger partial charge on any atom is -0.550 e. The number of halogens is 1. The molecule has 6 heteroatoms. The van der Waals surface area contributed by atoms with E-state index < -0.39 is 6.92 Å². The van der Waals surface area contributed by atoms with E-state index >= 15 is 0 Å². The SMILES string of the molecule is CN(C)Cc1ccc(B(Oc2cccc3cccnc23)c2cccc(C#N)c2)cc1Cl. The van der Waals surface area contributed by atoms with Crippen LogP contribution in [0.1, 0.15) is 11.1 Å². The van der Waals surface area contributed by atoms with Gasteiger partial charge in [0.2, 0.25) is 0 Å². The molecule has 0 amide bonds. The van der Waals surface area contributed by atoms with Gasteiger partial charge in [-0.25, -0.2) is 0 Å². The lowest BCUT2D eigenvalue weighted by atomic mass is 9.55. The summed E-state index contributed by atoms with van der Waals surface area (Å²) in [6.45, 7) is 0.314. The molecule has 0 aliphatic rings. The van der Waals surface area contributed by atoms with Gasteiger partial charge in [-0.1, -0.05) is 54.1 Å². The minimum atomic E-state index is -0.438. The van der Waals surface area contributed by atoms with E-state index in [-0.39, 0.29) is 0 Å². The Hall–Kier alpha value is -3.33. The van der Waals surface area contributed by atoms with Crippen molar-refractivity contribution in [2.45, 2.75) is 6.54 Å². The highest BCUT2D eigenvalue weighted by molar-refractivity contribution is 6.80. The molecule has 1 aromatic heterocycles. The summed E-state index contributed by atoms with van der Waals surface area (Å²) in [6, 6.07) is 25.5. The molecule has 0 atom stereocenters. The first-order valence-corrected chi connectivity index (χ1v) is 10.4. The highest BCUT2D eigenvalue weighted by Crippen LogP contribution is 2.24. The molecule has 31 heavy (non-hydrogen) atoms. The number of para-hydroxylation sites is 1. The standard InChI is InChI=1S/C25H21BClN3O/c1-30(2)17-20-11-12-22(15-23(20)27)26(21-9-3-6-18(14-21)16-28)31-24-10-4-7-19-8-5-13-29-25(19)24/h3-15H,17H2,1-2H3. The molecule has 4 nitrogen and oxygen atoms in total. The molecule has 0 bridgehead atoms. The topological polar surface area (TPSA) is 49.1 Å². The monoisotopic (exact) mass is 425 g/mol. The van der Waals surface area contributed by atoms with Crippen molar-refractivity contribution in [2.75, 3.05) is 14.1 Å². The van der Waals surface area contributed by atoms with Gasteiger partial charge in [0, 0.05) is 23.2 Å². The largest absolute Gasteiger partial charge is 0.550 e. The van der Waals surface area contributed by atoms with E-state index in [1.807, 2.05) is 80.8 Å². The molecule has 0 fully saturated rings. The van der Waals surface area contributed by atoms with E-state index in [1.54, 1.807) is 12.3 Å². The quantitative estimate of drug-likeness (QED) is 0.438. The first-order chi connectivity index (χ1) is 15.0. The Morgan fingerprint density at radius 3 is 2.55 bits per heavy atom. The van der Waals surface area contributed by atoms with E-state index in [0.29, 0.717) is 16.3 Å². The predicted octanol–water partition coefficient (Wildman–Crippen LogP) is 4.01. The van der Waals surface area contributed by atoms with Gasteiger partial charge >= 0.3 is 6.92 Å². The molecular formula is C25H21BClN3O. The molecule has 0 radical (unpaired) electrons. The summed E-state index contributed by atoms with van der Waals surface area (Å²) < 4.78 is 6.53. The van der Waals surface area contributed by atoms with Gasteiger partial charge in [0.1, 0.15) is 11.3 Å². The zero-order chi connectivity index (χ0) is 21.8. The van der Waals surface area contributed by atoms with Gasteiger partial charge < -0.3 is 9.55 Å². The molecular weight excluding hydrogens is 405 g/mol. The van der Waals surface area contributed by atoms with Gasteiger partial charge in [0.15, 0.2) is 0 Å². The maximum atomic E-state index is 9.38. The molecule has 0 saturated heterocycles. The fourth-order valence-corrected chi connectivity index (χ4v) is 3.84. The average Bonchev–Trinajstić information content (AvgIpc) is 2.78. The van der Waals surface area contributed by atoms with E-state index in [2.05, 4.69) is 16.0 Å². The van der Waals surface area contributed by atoms with Crippen LogP contribution in [0.15, 0.2) is 79.0 Å². The van der Waals surface area contributed by atoms with Crippen molar-refractivity contribution in [2.24, 2.45) is 0 Å². The second-order valence-corrected chi connectivity index (χ2v) is 8.06. The molecule has 0 unspecified atom stereocenters. The maximum Gasteiger partial charge on any atom is 0.426 e. The molecule has 0 aliphatic carbocycles. The summed E-state index contributed by atoms with van der Waals surface area (Å²) in [7, 11) is 4.02. The predicted molar refractivity (Wildman–Crippen MR) is 127 cm³/mol. The highest BCUT2D eigenvalue weighted by atomic mass is 35.5. The third-order valence-electron chi connectivity index (χ3n) is 5.03. The Labute approximate surface area is 187 Å². The Kier molecular flexibility index (Phi) is 6.22. The van der Waals surface area contributed by atoms with Crippen LogP contribution in [-0.4, -0.2) is 30.9 Å². The minimum absolute atomic E-state index is 0.438. The normalized spacial score (nSPS) is 10.8. The zero-order valence-electron chi connectivity index (χ0n) is 17.4. The number of benzene rings is 3. The highest BCUT2D eigenvalue weighted by Gasteiger charge is 2.26. The van der Waals surface area contributed by atoms with Crippen LogP contribution in [0.4, 0.5) is 0 Å². The van der Waals surface area contributed by atoms with Crippen molar-refractivity contribution in [1.29, 1.82) is 5.26 Å². The van der Waals surface area contributed by atoms with Crippen LogP contribution in [0.5, 0.6) is 5.75 Å². The summed E-state index contributed by atoms with van der Waals surface area (Å²) in [5.74, 6) is 0.680. The number of nitriles is 1. The molecule has 0 N–H and O–H groups in total. The van der Waals surface area contributed by atoms with Gasteiger partial charge in [-0.15, -0.1) is 0 Å². The van der Waals surface area contributed by atoms with Crippen molar-refractivity contribution >= 4 is 40.3 Å². The number of nitrogens with zero attached hydrogens (tertiary/aromatic N) is 3. The van der Waals surface area contributed by atoms with Crippen LogP contribution >= 0.6 is 11.6 Å². The van der Waals surface area contributed by atoms with Crippen LogP contribution in [0.2, 0.25) is 5.02 Å². The van der Waals surface area contributed by atoms with Crippen molar-refractivity contribution in [3.8, 4) is 11.8 Å². The summed E-state index contributed by atoms with van der Waals surface area (Å²) in [5.41, 5.74) is 4.21. The van der Waals surface area contributed by atoms with Crippen molar-refractivity contribution in [1.82, 2.24) is 9.88 Å². The van der Waals surface area contributed by atoms with Gasteiger partial charge in [-0.05, 0) is 60.9 Å². The van der Waals surface area contributed by atoms with Crippen molar-refractivity contribution < 1.29 is 4.65 Å². The molecule has 0 spiro atoms. The number of hydrogen-bond acceptors (Lipinski definition) is 4. The fourth-order valence-electron chi connectivity index (χ4n) is 3.59. The van der Waals surface area contributed by atoms with Gasteiger partial charge in [0.25, 0.3) is 0 Å². The van der Waals surface area contributed by atoms with E-state index in [0.717, 1.165) is 33.9 Å². The lowest BCUT2D eigenvalue weighted by Gasteiger charge is -2.19. The van der Waals surface area contributed by atoms with Crippen LogP contribution in [0.25, 0.3) is 10.9 Å². The van der Waals surface area contributed by atoms with Crippen LogP contribution < -0.4 is 15.6 Å². The Morgan fingerprint density at radius 1 is 1.00 bits per heavy atom. The Bertz CT molecular complexity index is 1260. The maximum absolute atomic E-state index is 9.38. The van der Waals surface area contributed by atoms with Crippen molar-refractivity contribution in [3.63, 3.8) is 0 Å². The van der Waals surface area contributed by atoms with E-state index in [1.165, 1.54) is 0 Å². The molecule has 152 valence electrons. The van der Waals surface area contributed by atoms with Gasteiger partial charge in [-0.3, -0.25) is 4.98 Å². The third kappa shape index (κ3) is 4.72. The fraction of sp³-hybridized carbons (Fsp3) is 0.120. The molecule has 3 aromatic carbocycles. The number of fused-ring (bicyclic) bond motifs is 1. The second-order valence-electron chi connectivity index (χ2n) is 7.66. The Balaban J connectivity index is 1.80. The second kappa shape index (κ2) is 9.22. The zero-order valence-corrected chi connectivity index (χ0v) is 18.2. The molecule has 0 aliphatic heterocycles. The molecule has 0 saturated carbocycles. The Morgan fingerprint density at radius 2 is 1.77 bits per heavy atom. The number of aromatic nitrogens is 1. The van der Waals surface area contributed by atoms with E-state index in [4.69, 9.17) is 16.3 Å². The van der Waals surface area contributed by atoms with Crippen molar-refractivity contribution in [3.05, 3.63) is 95.1 Å². The van der Waals surface area contributed by atoms with Crippen LogP contribution in [0.3, 0.4) is 0 Å². The molecule has 4 rings (SSSR count).